The van der Waals surface area contributed by atoms with Gasteiger partial charge in [-0.15, -0.1) is 0 Å². The summed E-state index contributed by atoms with van der Waals surface area (Å²) in [7, 11) is 1.83. The highest BCUT2D eigenvalue weighted by atomic mass is 79.9. The second kappa shape index (κ2) is 5.24. The van der Waals surface area contributed by atoms with E-state index in [-0.39, 0.29) is 0 Å². The van der Waals surface area contributed by atoms with Crippen molar-refractivity contribution in [2.45, 2.75) is 12.7 Å². The Morgan fingerprint density at radius 1 is 1.32 bits per heavy atom. The van der Waals surface area contributed by atoms with Gasteiger partial charge in [-0.1, -0.05) is 15.9 Å². The number of halogens is 4. The predicted molar refractivity (Wildman–Crippen MR) is 69.7 cm³/mol. The molecule has 0 saturated heterocycles. The molecular weight excluding hydrogens is 323 g/mol. The van der Waals surface area contributed by atoms with Gasteiger partial charge >= 0.3 is 6.18 Å². The van der Waals surface area contributed by atoms with E-state index in [0.29, 0.717) is 16.7 Å². The van der Waals surface area contributed by atoms with E-state index in [1.165, 1.54) is 0 Å². The second-order valence-corrected chi connectivity index (χ2v) is 4.99. The van der Waals surface area contributed by atoms with Gasteiger partial charge in [0.25, 0.3) is 0 Å². The van der Waals surface area contributed by atoms with Gasteiger partial charge in [0.1, 0.15) is 0 Å². The van der Waals surface area contributed by atoms with E-state index in [1.54, 1.807) is 23.2 Å². The summed E-state index contributed by atoms with van der Waals surface area (Å²) in [5.41, 5.74) is 0.603. The smallest absolute Gasteiger partial charge is 0.379 e. The highest BCUT2D eigenvalue weighted by molar-refractivity contribution is 9.10. The Hall–Kier alpha value is -1.50. The second-order valence-electron chi connectivity index (χ2n) is 4.08. The molecule has 2 aromatic rings. The van der Waals surface area contributed by atoms with Crippen LogP contribution in [-0.4, -0.2) is 9.55 Å². The van der Waals surface area contributed by atoms with Crippen LogP contribution in [-0.2, 0) is 19.8 Å². The van der Waals surface area contributed by atoms with E-state index in [9.17, 15) is 13.2 Å². The lowest BCUT2D eigenvalue weighted by Gasteiger charge is -2.12. The molecule has 0 aliphatic heterocycles. The van der Waals surface area contributed by atoms with Crippen LogP contribution in [0.5, 0.6) is 0 Å². The summed E-state index contributed by atoms with van der Waals surface area (Å²) in [4.78, 5) is 3.94. The third-order valence-corrected chi connectivity index (χ3v) is 3.07. The van der Waals surface area contributed by atoms with Crippen molar-refractivity contribution in [1.29, 1.82) is 0 Å². The van der Waals surface area contributed by atoms with Crippen molar-refractivity contribution in [3.05, 3.63) is 46.5 Å². The first kappa shape index (κ1) is 13.9. The van der Waals surface area contributed by atoms with Crippen LogP contribution in [0.4, 0.5) is 18.9 Å². The van der Waals surface area contributed by atoms with Crippen LogP contribution < -0.4 is 5.32 Å². The van der Waals surface area contributed by atoms with Gasteiger partial charge in [0, 0.05) is 23.4 Å². The van der Waals surface area contributed by atoms with Crippen LogP contribution in [0.15, 0.2) is 35.2 Å². The summed E-state index contributed by atoms with van der Waals surface area (Å²) in [5.74, 6) is 0. The summed E-state index contributed by atoms with van der Waals surface area (Å²) in [6.45, 7) is 0.407. The molecule has 0 bridgehead atoms. The largest absolute Gasteiger partial charge is 0.416 e. The molecule has 0 aliphatic carbocycles. The average Bonchev–Trinajstić information content (AvgIpc) is 2.70. The molecular formula is C12H11BrF3N3. The minimum atomic E-state index is -4.35. The number of nitrogens with zero attached hydrogens (tertiary/aromatic N) is 2. The fourth-order valence-corrected chi connectivity index (χ4v) is 2.10. The van der Waals surface area contributed by atoms with Crippen molar-refractivity contribution in [2.75, 3.05) is 5.32 Å². The fraction of sp³-hybridized carbons (Fsp3) is 0.250. The number of hydrogen-bond acceptors (Lipinski definition) is 2. The molecule has 0 fully saturated rings. The van der Waals surface area contributed by atoms with E-state index < -0.39 is 11.7 Å². The molecule has 1 heterocycles. The summed E-state index contributed by atoms with van der Waals surface area (Å²) in [5, 5.41) is 2.95. The molecule has 1 N–H and O–H groups in total. The quantitative estimate of drug-likeness (QED) is 0.925. The summed E-state index contributed by atoms with van der Waals surface area (Å²) in [6, 6.07) is 3.74. The highest BCUT2D eigenvalue weighted by Gasteiger charge is 2.31. The first-order chi connectivity index (χ1) is 8.86. The number of aromatic nitrogens is 2. The zero-order chi connectivity index (χ0) is 14.0. The molecule has 0 atom stereocenters. The monoisotopic (exact) mass is 333 g/mol. The SMILES string of the molecule is Cn1cncc1CNc1cc(Br)cc(C(F)(F)F)c1. The van der Waals surface area contributed by atoms with Gasteiger partial charge in [0.05, 0.1) is 24.1 Å². The third-order valence-electron chi connectivity index (χ3n) is 2.62. The lowest BCUT2D eigenvalue weighted by atomic mass is 10.2. The van der Waals surface area contributed by atoms with E-state index >= 15 is 0 Å². The summed E-state index contributed by atoms with van der Waals surface area (Å²) in [6.07, 6.45) is -1.05. The fourth-order valence-electron chi connectivity index (χ4n) is 1.60. The Labute approximate surface area is 116 Å². The van der Waals surface area contributed by atoms with Gasteiger partial charge in [-0.3, -0.25) is 0 Å². The number of aryl methyl sites for hydroxylation is 1. The summed E-state index contributed by atoms with van der Waals surface area (Å²) >= 11 is 3.08. The zero-order valence-corrected chi connectivity index (χ0v) is 11.6. The molecule has 19 heavy (non-hydrogen) atoms. The van der Waals surface area contributed by atoms with Gasteiger partial charge in [0.2, 0.25) is 0 Å². The number of rotatable bonds is 3. The van der Waals surface area contributed by atoms with Crippen molar-refractivity contribution in [3.8, 4) is 0 Å². The van der Waals surface area contributed by atoms with E-state index in [2.05, 4.69) is 26.2 Å². The minimum absolute atomic E-state index is 0.384. The van der Waals surface area contributed by atoms with Gasteiger partial charge in [-0.25, -0.2) is 4.98 Å². The Balaban J connectivity index is 2.17. The molecule has 1 aromatic carbocycles. The average molecular weight is 334 g/mol. The molecule has 0 spiro atoms. The molecule has 102 valence electrons. The Bertz CT molecular complexity index is 578. The Morgan fingerprint density at radius 3 is 2.63 bits per heavy atom. The maximum absolute atomic E-state index is 12.7. The number of anilines is 1. The lowest BCUT2D eigenvalue weighted by molar-refractivity contribution is -0.137. The molecule has 1 aromatic heterocycles. The normalized spacial score (nSPS) is 11.6. The zero-order valence-electron chi connectivity index (χ0n) is 10.0. The maximum Gasteiger partial charge on any atom is 0.416 e. The van der Waals surface area contributed by atoms with Crippen LogP contribution in [0, 0.1) is 0 Å². The van der Waals surface area contributed by atoms with Crippen LogP contribution in [0.25, 0.3) is 0 Å². The van der Waals surface area contributed by atoms with E-state index in [1.807, 2.05) is 7.05 Å². The van der Waals surface area contributed by atoms with Gasteiger partial charge in [0.15, 0.2) is 0 Å². The molecule has 0 radical (unpaired) electrons. The van der Waals surface area contributed by atoms with Crippen molar-refractivity contribution < 1.29 is 13.2 Å². The third kappa shape index (κ3) is 3.50. The molecule has 0 saturated carbocycles. The first-order valence-electron chi connectivity index (χ1n) is 5.43. The molecule has 0 amide bonds. The van der Waals surface area contributed by atoms with Crippen molar-refractivity contribution in [3.63, 3.8) is 0 Å². The van der Waals surface area contributed by atoms with E-state index in [0.717, 1.165) is 17.8 Å². The highest BCUT2D eigenvalue weighted by Crippen LogP contribution is 2.33. The van der Waals surface area contributed by atoms with Crippen LogP contribution in [0.1, 0.15) is 11.3 Å². The molecule has 7 heteroatoms. The van der Waals surface area contributed by atoms with Crippen LogP contribution in [0.2, 0.25) is 0 Å². The number of nitrogens with one attached hydrogen (secondary N) is 1. The minimum Gasteiger partial charge on any atom is -0.379 e. The molecule has 0 aliphatic rings. The van der Waals surface area contributed by atoms with Gasteiger partial charge in [-0.05, 0) is 18.2 Å². The summed E-state index contributed by atoms with van der Waals surface area (Å²) < 4.78 is 40.2. The van der Waals surface area contributed by atoms with Gasteiger partial charge in [-0.2, -0.15) is 13.2 Å². The standard InChI is InChI=1S/C12H11BrF3N3/c1-19-7-17-5-11(19)6-18-10-3-8(12(14,15)16)2-9(13)4-10/h2-5,7,18H,6H2,1H3. The number of alkyl halides is 3. The number of imidazole rings is 1. The molecule has 3 nitrogen and oxygen atoms in total. The van der Waals surface area contributed by atoms with E-state index in [4.69, 9.17) is 0 Å². The van der Waals surface area contributed by atoms with Gasteiger partial charge < -0.3 is 9.88 Å². The van der Waals surface area contributed by atoms with Crippen LogP contribution >= 0.6 is 15.9 Å². The Morgan fingerprint density at radius 2 is 2.05 bits per heavy atom. The number of hydrogen-bond donors (Lipinski definition) is 1. The Kier molecular flexibility index (Phi) is 3.84. The number of benzene rings is 1. The van der Waals surface area contributed by atoms with Crippen molar-refractivity contribution in [1.82, 2.24) is 9.55 Å². The lowest BCUT2D eigenvalue weighted by Crippen LogP contribution is -2.08. The van der Waals surface area contributed by atoms with Crippen LogP contribution in [0.3, 0.4) is 0 Å². The maximum atomic E-state index is 12.7. The molecule has 2 rings (SSSR count). The first-order valence-corrected chi connectivity index (χ1v) is 6.22. The molecule has 0 unspecified atom stereocenters. The van der Waals surface area contributed by atoms with Crippen molar-refractivity contribution in [2.24, 2.45) is 7.05 Å². The van der Waals surface area contributed by atoms with Crippen molar-refractivity contribution >= 4 is 21.6 Å². The topological polar surface area (TPSA) is 29.9 Å². The predicted octanol–water partition coefficient (Wildman–Crippen LogP) is 3.81.